The minimum absolute atomic E-state index is 0.109. The molecule has 0 heterocycles. The van der Waals surface area contributed by atoms with E-state index in [1.807, 2.05) is 26.0 Å². The molecule has 0 atom stereocenters. The van der Waals surface area contributed by atoms with Crippen molar-refractivity contribution in [1.82, 2.24) is 0 Å². The summed E-state index contributed by atoms with van der Waals surface area (Å²) in [6.07, 6.45) is 12.5. The zero-order valence-corrected chi connectivity index (χ0v) is 30.1. The number of hydrogen-bond acceptors (Lipinski definition) is 7. The molecule has 0 unspecified atom stereocenters. The number of benzene rings is 2. The molecule has 0 spiro atoms. The lowest BCUT2D eigenvalue weighted by Crippen LogP contribution is -2.21. The lowest BCUT2D eigenvalue weighted by atomic mass is 9.97. The molecule has 2 rings (SSSR count). The predicted molar refractivity (Wildman–Crippen MR) is 188 cm³/mol. The minimum Gasteiger partial charge on any atom is -0.507 e. The second-order valence-electron chi connectivity index (χ2n) is 12.4. The van der Waals surface area contributed by atoms with E-state index in [-0.39, 0.29) is 55.3 Å². The molecular formula is C37H50Cl2O7. The van der Waals surface area contributed by atoms with Gasteiger partial charge in [0.05, 0.1) is 26.8 Å². The fourth-order valence-corrected chi connectivity index (χ4v) is 5.11. The topological polar surface area (TPSA) is 124 Å². The molecule has 254 valence electrons. The Kier molecular flexibility index (Phi) is 16.6. The standard InChI is InChI=1S/C19H27ClO4.C18H23ClO3/c1-12(7-6-10-19(3,4)24-5)8-9-14-17(22)15(11-21)13(2)16(20)18(14)23;1-11(2)6-5-7-12(3)8-9-14-17(21)15(10-20)13(4)16(19)18(14)22/h8,11,22-23H,6-7,9-10H2,1-5H3;6,8,10,21-22H,5,7,9H2,1-4H3/b2*12-8+. The lowest BCUT2D eigenvalue weighted by Gasteiger charge is -2.22. The Morgan fingerprint density at radius 1 is 0.717 bits per heavy atom. The van der Waals surface area contributed by atoms with Gasteiger partial charge in [-0.1, -0.05) is 58.1 Å². The molecule has 0 saturated heterocycles. The highest BCUT2D eigenvalue weighted by atomic mass is 35.5. The van der Waals surface area contributed by atoms with Crippen molar-refractivity contribution < 1.29 is 34.8 Å². The van der Waals surface area contributed by atoms with Crippen molar-refractivity contribution in [2.75, 3.05) is 7.11 Å². The maximum absolute atomic E-state index is 11.1. The molecule has 0 saturated carbocycles. The van der Waals surface area contributed by atoms with Gasteiger partial charge in [-0.05, 0) is 111 Å². The minimum atomic E-state index is -0.200. The summed E-state index contributed by atoms with van der Waals surface area (Å²) in [5, 5.41) is 40.8. The van der Waals surface area contributed by atoms with Crippen LogP contribution in [0.2, 0.25) is 10.0 Å². The smallest absolute Gasteiger partial charge is 0.154 e. The number of methoxy groups -OCH3 is 1. The fourth-order valence-electron chi connectivity index (χ4n) is 4.68. The maximum Gasteiger partial charge on any atom is 0.154 e. The van der Waals surface area contributed by atoms with E-state index >= 15 is 0 Å². The Bertz CT molecular complexity index is 1480. The number of halogens is 2. The predicted octanol–water partition coefficient (Wildman–Crippen LogP) is 10.1. The van der Waals surface area contributed by atoms with Crippen LogP contribution in [0.3, 0.4) is 0 Å². The van der Waals surface area contributed by atoms with Gasteiger partial charge in [0.15, 0.2) is 12.6 Å². The summed E-state index contributed by atoms with van der Waals surface area (Å²) < 4.78 is 5.40. The van der Waals surface area contributed by atoms with Crippen LogP contribution in [0, 0.1) is 13.8 Å². The van der Waals surface area contributed by atoms with Gasteiger partial charge in [-0.2, -0.15) is 0 Å². The summed E-state index contributed by atoms with van der Waals surface area (Å²) >= 11 is 12.1. The molecule has 0 aromatic heterocycles. The Morgan fingerprint density at radius 3 is 1.50 bits per heavy atom. The number of carbonyl (C=O) groups excluding carboxylic acids is 2. The molecule has 0 bridgehead atoms. The number of rotatable bonds is 14. The van der Waals surface area contributed by atoms with E-state index in [9.17, 15) is 30.0 Å². The van der Waals surface area contributed by atoms with Crippen molar-refractivity contribution in [2.45, 2.75) is 106 Å². The van der Waals surface area contributed by atoms with E-state index in [0.29, 0.717) is 42.1 Å². The first-order chi connectivity index (χ1) is 21.4. The Labute approximate surface area is 284 Å². The first-order valence-electron chi connectivity index (χ1n) is 15.3. The van der Waals surface area contributed by atoms with E-state index in [4.69, 9.17) is 27.9 Å². The van der Waals surface area contributed by atoms with Gasteiger partial charge < -0.3 is 25.2 Å². The molecule has 0 aliphatic rings. The molecule has 0 amide bonds. The highest BCUT2D eigenvalue weighted by molar-refractivity contribution is 6.33. The number of ether oxygens (including phenoxy) is 1. The Balaban J connectivity index is 0.000000462. The molecule has 2 aromatic rings. The Hall–Kier alpha value is -3.26. The second kappa shape index (κ2) is 18.8. The van der Waals surface area contributed by atoms with Crippen LogP contribution in [-0.4, -0.2) is 45.7 Å². The van der Waals surface area contributed by atoms with Gasteiger partial charge in [0.1, 0.15) is 23.0 Å². The Morgan fingerprint density at radius 2 is 1.13 bits per heavy atom. The van der Waals surface area contributed by atoms with Crippen molar-refractivity contribution in [3.8, 4) is 23.0 Å². The van der Waals surface area contributed by atoms with Crippen LogP contribution < -0.4 is 0 Å². The van der Waals surface area contributed by atoms with Crippen molar-refractivity contribution in [2.24, 2.45) is 0 Å². The molecule has 9 heteroatoms. The zero-order chi connectivity index (χ0) is 35.4. The van der Waals surface area contributed by atoms with Crippen molar-refractivity contribution in [3.63, 3.8) is 0 Å². The van der Waals surface area contributed by atoms with Crippen molar-refractivity contribution in [3.05, 3.63) is 78.4 Å². The number of aldehydes is 2. The first kappa shape index (κ1) is 40.8. The van der Waals surface area contributed by atoms with Gasteiger partial charge in [-0.3, -0.25) is 9.59 Å². The van der Waals surface area contributed by atoms with Gasteiger partial charge >= 0.3 is 0 Å². The molecule has 0 aliphatic heterocycles. The summed E-state index contributed by atoms with van der Waals surface area (Å²) in [5.41, 5.74) is 5.04. The van der Waals surface area contributed by atoms with Gasteiger partial charge in [0, 0.05) is 18.2 Å². The number of carbonyl (C=O) groups is 2. The molecule has 7 nitrogen and oxygen atoms in total. The number of hydrogen-bond donors (Lipinski definition) is 4. The van der Waals surface area contributed by atoms with Crippen LogP contribution in [0.1, 0.15) is 117 Å². The second-order valence-corrected chi connectivity index (χ2v) is 13.2. The lowest BCUT2D eigenvalue weighted by molar-refractivity contribution is 0.0140. The number of phenols is 4. The van der Waals surface area contributed by atoms with Crippen LogP contribution >= 0.6 is 23.2 Å². The molecule has 0 radical (unpaired) electrons. The summed E-state index contributed by atoms with van der Waals surface area (Å²) in [7, 11) is 1.71. The molecule has 0 aliphatic carbocycles. The van der Waals surface area contributed by atoms with E-state index in [2.05, 4.69) is 33.8 Å². The third-order valence-electron chi connectivity index (χ3n) is 8.07. The summed E-state index contributed by atoms with van der Waals surface area (Å²) in [4.78, 5) is 22.2. The van der Waals surface area contributed by atoms with Crippen LogP contribution in [0.4, 0.5) is 0 Å². The largest absolute Gasteiger partial charge is 0.507 e. The molecular weight excluding hydrogens is 627 g/mol. The molecule has 4 N–H and O–H groups in total. The van der Waals surface area contributed by atoms with Crippen LogP contribution in [-0.2, 0) is 17.6 Å². The number of phenolic OH excluding ortho intramolecular Hbond substituents is 4. The monoisotopic (exact) mass is 676 g/mol. The highest BCUT2D eigenvalue weighted by Crippen LogP contribution is 2.41. The average Bonchev–Trinajstić information content (AvgIpc) is 2.99. The summed E-state index contributed by atoms with van der Waals surface area (Å²) in [5.74, 6) is -0.714. The third kappa shape index (κ3) is 11.5. The van der Waals surface area contributed by atoms with Gasteiger partial charge in [0.25, 0.3) is 0 Å². The van der Waals surface area contributed by atoms with E-state index in [0.717, 1.165) is 43.3 Å². The third-order valence-corrected chi connectivity index (χ3v) is 9.00. The maximum atomic E-state index is 11.1. The van der Waals surface area contributed by atoms with E-state index in [1.54, 1.807) is 21.0 Å². The molecule has 0 fully saturated rings. The fraction of sp³-hybridized carbons (Fsp3) is 0.459. The van der Waals surface area contributed by atoms with Gasteiger partial charge in [0.2, 0.25) is 0 Å². The van der Waals surface area contributed by atoms with Gasteiger partial charge in [-0.15, -0.1) is 0 Å². The summed E-state index contributed by atoms with van der Waals surface area (Å²) in [6.45, 7) is 15.4. The summed E-state index contributed by atoms with van der Waals surface area (Å²) in [6, 6.07) is 0. The van der Waals surface area contributed by atoms with Crippen molar-refractivity contribution in [1.29, 1.82) is 0 Å². The number of allylic oxidation sites excluding steroid dienone is 6. The van der Waals surface area contributed by atoms with E-state index in [1.165, 1.54) is 5.57 Å². The van der Waals surface area contributed by atoms with Crippen LogP contribution in [0.5, 0.6) is 23.0 Å². The molecule has 46 heavy (non-hydrogen) atoms. The van der Waals surface area contributed by atoms with Crippen LogP contribution in [0.25, 0.3) is 0 Å². The SMILES string of the molecule is CC(C)=CCC/C(C)=C/Cc1c(O)c(Cl)c(C)c(C=O)c1O.COC(C)(C)CCC/C(C)=C/Cc1c(O)c(Cl)c(C)c(C=O)c1O. The highest BCUT2D eigenvalue weighted by Gasteiger charge is 2.21. The zero-order valence-electron chi connectivity index (χ0n) is 28.6. The van der Waals surface area contributed by atoms with Crippen molar-refractivity contribution >= 4 is 35.8 Å². The molecule has 2 aromatic carbocycles. The quantitative estimate of drug-likeness (QED) is 0.116. The average molecular weight is 678 g/mol. The van der Waals surface area contributed by atoms with Crippen LogP contribution in [0.15, 0.2) is 34.9 Å². The number of aromatic hydroxyl groups is 4. The van der Waals surface area contributed by atoms with E-state index < -0.39 is 0 Å². The van der Waals surface area contributed by atoms with Gasteiger partial charge in [-0.25, -0.2) is 0 Å². The normalized spacial score (nSPS) is 12.0. The first-order valence-corrected chi connectivity index (χ1v) is 16.0.